The molecule has 100 valence electrons. The van der Waals surface area contributed by atoms with E-state index in [4.69, 9.17) is 5.73 Å². The molecule has 0 atom stereocenters. The number of nitrogens with two attached hydrogens (primary N) is 1. The first-order chi connectivity index (χ1) is 8.38. The van der Waals surface area contributed by atoms with Gasteiger partial charge in [-0.25, -0.2) is 13.2 Å². The molecule has 0 saturated heterocycles. The summed E-state index contributed by atoms with van der Waals surface area (Å²) in [6, 6.07) is 4.95. The van der Waals surface area contributed by atoms with E-state index in [1.165, 1.54) is 6.07 Å². The minimum atomic E-state index is -2.63. The molecule has 2 N–H and O–H groups in total. The molecule has 1 aliphatic carbocycles. The Labute approximate surface area is 105 Å². The molecule has 4 heteroatoms. The fraction of sp³-hybridized carbons (Fsp3) is 0.571. The molecular weight excluding hydrogens is 239 g/mol. The van der Waals surface area contributed by atoms with Gasteiger partial charge in [0, 0.05) is 24.8 Å². The molecule has 1 saturated carbocycles. The number of halogens is 3. The van der Waals surface area contributed by atoms with E-state index >= 15 is 0 Å². The number of rotatable bonds is 2. The average Bonchev–Trinajstić information content (AvgIpc) is 2.31. The van der Waals surface area contributed by atoms with Crippen molar-refractivity contribution >= 4 is 0 Å². The van der Waals surface area contributed by atoms with Gasteiger partial charge in [-0.15, -0.1) is 0 Å². The van der Waals surface area contributed by atoms with E-state index in [1.54, 1.807) is 13.0 Å². The van der Waals surface area contributed by atoms with E-state index in [1.807, 2.05) is 6.07 Å². The first kappa shape index (κ1) is 13.4. The molecule has 2 rings (SSSR count). The molecule has 18 heavy (non-hydrogen) atoms. The van der Waals surface area contributed by atoms with Crippen LogP contribution in [0.15, 0.2) is 18.2 Å². The number of alkyl halides is 2. The summed E-state index contributed by atoms with van der Waals surface area (Å²) in [6.07, 6.45) is 0.0714. The van der Waals surface area contributed by atoms with Gasteiger partial charge in [-0.1, -0.05) is 12.1 Å². The minimum absolute atomic E-state index is 0.211. The van der Waals surface area contributed by atoms with Crippen LogP contribution in [0, 0.1) is 12.7 Å². The van der Waals surface area contributed by atoms with Gasteiger partial charge in [-0.05, 0) is 37.0 Å². The summed E-state index contributed by atoms with van der Waals surface area (Å²) in [6.45, 7) is 2.01. The van der Waals surface area contributed by atoms with Crippen molar-refractivity contribution in [1.82, 2.24) is 0 Å². The summed E-state index contributed by atoms with van der Waals surface area (Å²) >= 11 is 0. The van der Waals surface area contributed by atoms with E-state index in [9.17, 15) is 13.2 Å². The van der Waals surface area contributed by atoms with Gasteiger partial charge in [0.2, 0.25) is 5.92 Å². The highest BCUT2D eigenvalue weighted by Gasteiger charge is 2.44. The van der Waals surface area contributed by atoms with Crippen molar-refractivity contribution in [3.8, 4) is 0 Å². The van der Waals surface area contributed by atoms with Gasteiger partial charge < -0.3 is 5.73 Å². The van der Waals surface area contributed by atoms with Crippen LogP contribution in [-0.2, 0) is 5.41 Å². The summed E-state index contributed by atoms with van der Waals surface area (Å²) in [5, 5.41) is 0. The maximum absolute atomic E-state index is 14.0. The smallest absolute Gasteiger partial charge is 0.248 e. The van der Waals surface area contributed by atoms with E-state index in [0.29, 0.717) is 5.56 Å². The van der Waals surface area contributed by atoms with Crippen molar-refractivity contribution < 1.29 is 13.2 Å². The molecule has 0 heterocycles. The standard InChI is InChI=1S/C14H18F3N/c1-10-2-3-11(12(15)8-10)13(9-18)4-6-14(16,17)7-5-13/h2-3,8H,4-7,9,18H2,1H3. The van der Waals surface area contributed by atoms with Crippen molar-refractivity contribution in [2.75, 3.05) is 6.54 Å². The van der Waals surface area contributed by atoms with Gasteiger partial charge in [0.25, 0.3) is 0 Å². The molecule has 0 radical (unpaired) electrons. The van der Waals surface area contributed by atoms with Crippen molar-refractivity contribution in [1.29, 1.82) is 0 Å². The zero-order valence-electron chi connectivity index (χ0n) is 10.5. The van der Waals surface area contributed by atoms with Crippen molar-refractivity contribution in [3.63, 3.8) is 0 Å². The third kappa shape index (κ3) is 2.39. The molecule has 0 aromatic heterocycles. The quantitative estimate of drug-likeness (QED) is 0.861. The van der Waals surface area contributed by atoms with Crippen LogP contribution in [-0.4, -0.2) is 12.5 Å². The maximum atomic E-state index is 14.0. The zero-order chi connectivity index (χ0) is 13.4. The molecule has 1 nitrogen and oxygen atoms in total. The van der Waals surface area contributed by atoms with Crippen LogP contribution >= 0.6 is 0 Å². The lowest BCUT2D eigenvalue weighted by Crippen LogP contribution is -2.42. The Balaban J connectivity index is 2.33. The number of hydrogen-bond acceptors (Lipinski definition) is 1. The Kier molecular flexibility index (Phi) is 3.41. The van der Waals surface area contributed by atoms with Crippen LogP contribution in [0.25, 0.3) is 0 Å². The second-order valence-electron chi connectivity index (χ2n) is 5.32. The first-order valence-corrected chi connectivity index (χ1v) is 6.23. The van der Waals surface area contributed by atoms with Crippen molar-refractivity contribution in [2.45, 2.75) is 43.9 Å². The number of hydrogen-bond donors (Lipinski definition) is 1. The van der Waals surface area contributed by atoms with Crippen LogP contribution in [0.3, 0.4) is 0 Å². The van der Waals surface area contributed by atoms with E-state index in [-0.39, 0.29) is 38.0 Å². The molecule has 0 unspecified atom stereocenters. The second kappa shape index (κ2) is 4.57. The predicted octanol–water partition coefficient (Wildman–Crippen LogP) is 3.54. The van der Waals surface area contributed by atoms with E-state index < -0.39 is 11.3 Å². The van der Waals surface area contributed by atoms with E-state index in [2.05, 4.69) is 0 Å². The Bertz CT molecular complexity index is 433. The summed E-state index contributed by atoms with van der Waals surface area (Å²) < 4.78 is 40.5. The second-order valence-corrected chi connectivity index (χ2v) is 5.32. The molecule has 1 aromatic carbocycles. The Hall–Kier alpha value is -1.03. The third-order valence-electron chi connectivity index (χ3n) is 4.03. The van der Waals surface area contributed by atoms with Crippen LogP contribution < -0.4 is 5.73 Å². The monoisotopic (exact) mass is 257 g/mol. The number of benzene rings is 1. The molecule has 1 aliphatic rings. The van der Waals surface area contributed by atoms with Crippen molar-refractivity contribution in [2.24, 2.45) is 5.73 Å². The average molecular weight is 257 g/mol. The topological polar surface area (TPSA) is 26.0 Å². The first-order valence-electron chi connectivity index (χ1n) is 6.23. The highest BCUT2D eigenvalue weighted by Crippen LogP contribution is 2.45. The predicted molar refractivity (Wildman–Crippen MR) is 65.3 cm³/mol. The highest BCUT2D eigenvalue weighted by molar-refractivity contribution is 5.31. The Morgan fingerprint density at radius 1 is 1.17 bits per heavy atom. The molecule has 0 bridgehead atoms. The summed E-state index contributed by atoms with van der Waals surface area (Å²) in [5.74, 6) is -2.95. The lowest BCUT2D eigenvalue weighted by molar-refractivity contribution is -0.0513. The lowest BCUT2D eigenvalue weighted by Gasteiger charge is -2.40. The summed E-state index contributed by atoms with van der Waals surface area (Å²) in [5.41, 5.74) is 6.44. The normalized spacial score (nSPS) is 21.8. The number of aryl methyl sites for hydroxylation is 1. The van der Waals surface area contributed by atoms with Gasteiger partial charge in [-0.3, -0.25) is 0 Å². The molecule has 1 fully saturated rings. The fourth-order valence-electron chi connectivity index (χ4n) is 2.73. The Morgan fingerprint density at radius 3 is 2.28 bits per heavy atom. The van der Waals surface area contributed by atoms with Crippen LogP contribution in [0.4, 0.5) is 13.2 Å². The Morgan fingerprint density at radius 2 is 1.78 bits per heavy atom. The van der Waals surface area contributed by atoms with Gasteiger partial charge in [0.05, 0.1) is 0 Å². The molecular formula is C14H18F3N. The van der Waals surface area contributed by atoms with Crippen molar-refractivity contribution in [3.05, 3.63) is 35.1 Å². The minimum Gasteiger partial charge on any atom is -0.330 e. The van der Waals surface area contributed by atoms with Crippen LogP contribution in [0.1, 0.15) is 36.8 Å². The van der Waals surface area contributed by atoms with Crippen LogP contribution in [0.5, 0.6) is 0 Å². The summed E-state index contributed by atoms with van der Waals surface area (Å²) in [4.78, 5) is 0. The maximum Gasteiger partial charge on any atom is 0.248 e. The third-order valence-corrected chi connectivity index (χ3v) is 4.03. The fourth-order valence-corrected chi connectivity index (χ4v) is 2.73. The molecule has 0 amide bonds. The highest BCUT2D eigenvalue weighted by atomic mass is 19.3. The van der Waals surface area contributed by atoms with Gasteiger partial charge >= 0.3 is 0 Å². The summed E-state index contributed by atoms with van der Waals surface area (Å²) in [7, 11) is 0. The van der Waals surface area contributed by atoms with Gasteiger partial charge in [0.1, 0.15) is 5.82 Å². The van der Waals surface area contributed by atoms with Gasteiger partial charge in [0.15, 0.2) is 0 Å². The lowest BCUT2D eigenvalue weighted by atomic mass is 9.68. The molecule has 0 aliphatic heterocycles. The van der Waals surface area contributed by atoms with Gasteiger partial charge in [-0.2, -0.15) is 0 Å². The molecule has 1 aromatic rings. The zero-order valence-corrected chi connectivity index (χ0v) is 10.5. The largest absolute Gasteiger partial charge is 0.330 e. The SMILES string of the molecule is Cc1ccc(C2(CN)CCC(F)(F)CC2)c(F)c1. The molecule has 0 spiro atoms. The van der Waals surface area contributed by atoms with Crippen LogP contribution in [0.2, 0.25) is 0 Å². The van der Waals surface area contributed by atoms with E-state index in [0.717, 1.165) is 5.56 Å².